The van der Waals surface area contributed by atoms with E-state index in [9.17, 15) is 14.7 Å². The Morgan fingerprint density at radius 3 is 2.42 bits per heavy atom. The van der Waals surface area contributed by atoms with Gasteiger partial charge in [-0.15, -0.1) is 0 Å². The van der Waals surface area contributed by atoms with Gasteiger partial charge in [-0.25, -0.2) is 10.1 Å². The quantitative estimate of drug-likeness (QED) is 0.430. The summed E-state index contributed by atoms with van der Waals surface area (Å²) in [7, 11) is 0. The summed E-state index contributed by atoms with van der Waals surface area (Å²) in [5.74, 6) is -0.0212. The molecule has 3 unspecified atom stereocenters. The Morgan fingerprint density at radius 1 is 1.13 bits per heavy atom. The van der Waals surface area contributed by atoms with E-state index < -0.39 is 5.97 Å². The van der Waals surface area contributed by atoms with Crippen molar-refractivity contribution in [1.29, 1.82) is 0 Å². The number of piperidine rings is 2. The van der Waals surface area contributed by atoms with Gasteiger partial charge in [-0.05, 0) is 75.6 Å². The number of anilines is 4. The summed E-state index contributed by atoms with van der Waals surface area (Å²) in [6, 6.07) is 8.69. The second kappa shape index (κ2) is 10.2. The van der Waals surface area contributed by atoms with E-state index in [2.05, 4.69) is 58.2 Å². The summed E-state index contributed by atoms with van der Waals surface area (Å²) in [6.07, 6.45) is 6.58. The predicted molar refractivity (Wildman–Crippen MR) is 149 cm³/mol. The Bertz CT molecular complexity index is 1360. The minimum atomic E-state index is -0.726. The van der Waals surface area contributed by atoms with E-state index in [0.29, 0.717) is 34.8 Å². The first-order valence-corrected chi connectivity index (χ1v) is 13.5. The zero-order chi connectivity index (χ0) is 27.0. The molecule has 2 aliphatic heterocycles. The number of aromatic amines is 1. The lowest BCUT2D eigenvalue weighted by Crippen LogP contribution is -2.45. The summed E-state index contributed by atoms with van der Waals surface area (Å²) in [6.45, 7) is 9.91. The van der Waals surface area contributed by atoms with Gasteiger partial charge in [-0.2, -0.15) is 10.1 Å². The molecule has 3 N–H and O–H groups in total. The molecule has 38 heavy (non-hydrogen) atoms. The Hall–Kier alpha value is -3.69. The molecule has 2 saturated heterocycles. The molecule has 2 aliphatic rings. The smallest absolute Gasteiger partial charge is 0.306 e. The number of aliphatic carboxylic acids is 1. The third kappa shape index (κ3) is 4.91. The molecule has 0 radical (unpaired) electrons. The summed E-state index contributed by atoms with van der Waals surface area (Å²) in [4.78, 5) is 38.3. The number of hydrogen-bond acceptors (Lipinski definition) is 8. The van der Waals surface area contributed by atoms with Crippen LogP contribution in [0.15, 0.2) is 35.3 Å². The molecular weight excluding hydrogens is 482 g/mol. The highest BCUT2D eigenvalue weighted by Crippen LogP contribution is 2.40. The fourth-order valence-corrected chi connectivity index (χ4v) is 5.91. The molecule has 2 fully saturated rings. The van der Waals surface area contributed by atoms with Crippen LogP contribution in [0.25, 0.3) is 10.9 Å². The average Bonchev–Trinajstić information content (AvgIpc) is 2.89. The van der Waals surface area contributed by atoms with Gasteiger partial charge in [0.1, 0.15) is 16.7 Å². The highest BCUT2D eigenvalue weighted by Gasteiger charge is 2.38. The monoisotopic (exact) mass is 519 g/mol. The van der Waals surface area contributed by atoms with Gasteiger partial charge >= 0.3 is 5.97 Å². The van der Waals surface area contributed by atoms with Crippen molar-refractivity contribution < 1.29 is 9.90 Å². The van der Waals surface area contributed by atoms with Crippen molar-refractivity contribution in [2.45, 2.75) is 71.9 Å². The summed E-state index contributed by atoms with van der Waals surface area (Å²) in [5, 5.41) is 19.7. The van der Waals surface area contributed by atoms with Crippen LogP contribution in [0.2, 0.25) is 0 Å². The molecule has 0 saturated carbocycles. The first-order chi connectivity index (χ1) is 18.2. The number of carbonyl (C=O) groups is 1. The van der Waals surface area contributed by atoms with Gasteiger partial charge in [-0.1, -0.05) is 13.8 Å². The van der Waals surface area contributed by atoms with Crippen molar-refractivity contribution in [3.8, 4) is 0 Å². The summed E-state index contributed by atoms with van der Waals surface area (Å²) in [5.41, 5.74) is 1.89. The van der Waals surface area contributed by atoms with Crippen molar-refractivity contribution in [3.63, 3.8) is 0 Å². The van der Waals surface area contributed by atoms with Crippen LogP contribution in [-0.4, -0.2) is 56.4 Å². The zero-order valence-electron chi connectivity index (χ0n) is 22.6. The number of nitrogens with zero attached hydrogens (tertiary/aromatic N) is 5. The molecule has 3 atom stereocenters. The van der Waals surface area contributed by atoms with Crippen LogP contribution in [0.3, 0.4) is 0 Å². The molecular formula is C28H37N7O3. The Labute approximate surface area is 222 Å². The maximum atomic E-state index is 12.7. The highest BCUT2D eigenvalue weighted by atomic mass is 16.4. The number of aromatic nitrogens is 4. The van der Waals surface area contributed by atoms with E-state index in [4.69, 9.17) is 9.97 Å². The predicted octanol–water partition coefficient (Wildman–Crippen LogP) is 4.55. The maximum Gasteiger partial charge on any atom is 0.306 e. The van der Waals surface area contributed by atoms with E-state index in [-0.39, 0.29) is 16.9 Å². The van der Waals surface area contributed by atoms with Crippen molar-refractivity contribution in [1.82, 2.24) is 20.2 Å². The van der Waals surface area contributed by atoms with E-state index in [0.717, 1.165) is 50.1 Å². The van der Waals surface area contributed by atoms with Gasteiger partial charge in [0, 0.05) is 36.5 Å². The molecule has 0 amide bonds. The van der Waals surface area contributed by atoms with Crippen LogP contribution < -0.4 is 20.7 Å². The normalized spacial score (nSPS) is 22.3. The van der Waals surface area contributed by atoms with E-state index in [1.54, 1.807) is 6.20 Å². The Morgan fingerprint density at radius 2 is 1.79 bits per heavy atom. The largest absolute Gasteiger partial charge is 0.481 e. The van der Waals surface area contributed by atoms with E-state index in [1.165, 1.54) is 6.42 Å². The van der Waals surface area contributed by atoms with E-state index in [1.807, 2.05) is 19.1 Å². The highest BCUT2D eigenvalue weighted by molar-refractivity contribution is 5.90. The third-order valence-corrected chi connectivity index (χ3v) is 8.75. The fraction of sp³-hybridized carbons (Fsp3) is 0.536. The average molecular weight is 520 g/mol. The number of carboxylic acid groups (broad SMARTS) is 1. The number of fused-ring (bicyclic) bond motifs is 1. The number of benzene rings is 1. The third-order valence-electron chi connectivity index (χ3n) is 8.75. The van der Waals surface area contributed by atoms with Gasteiger partial charge < -0.3 is 20.2 Å². The lowest BCUT2D eigenvalue weighted by molar-refractivity contribution is -0.146. The Kier molecular flexibility index (Phi) is 6.98. The standard InChI is InChI=1S/C28H37N7O3/c1-17-6-5-7-18(2)35(17)27-31-22-16-29-33-25(36)23(22)24(32-27)30-20-8-10-21(11-9-20)34-14-12-28(4,13-15-34)19(3)26(37)38/h8-11,16-19H,5-7,12-15H2,1-4H3,(H,33,36)(H,37,38)(H,30,31,32). The van der Waals surface area contributed by atoms with Crippen LogP contribution >= 0.6 is 0 Å². The molecule has 3 aromatic rings. The SMILES string of the molecule is CC1CCCC(C)N1c1nc(Nc2ccc(N3CCC(C)(C(C)C(=O)O)CC3)cc2)c2c(=O)[nH]ncc2n1. The molecule has 4 heterocycles. The zero-order valence-corrected chi connectivity index (χ0v) is 22.6. The number of H-pyrrole nitrogens is 1. The van der Waals surface area contributed by atoms with Crippen LogP contribution in [0.5, 0.6) is 0 Å². The van der Waals surface area contributed by atoms with Gasteiger partial charge in [0.05, 0.1) is 12.1 Å². The van der Waals surface area contributed by atoms with Gasteiger partial charge in [-0.3, -0.25) is 9.59 Å². The van der Waals surface area contributed by atoms with E-state index >= 15 is 0 Å². The molecule has 0 bridgehead atoms. The summed E-state index contributed by atoms with van der Waals surface area (Å²) >= 11 is 0. The second-order valence-corrected chi connectivity index (χ2v) is 11.2. The lowest BCUT2D eigenvalue weighted by atomic mass is 9.71. The number of rotatable bonds is 6. The van der Waals surface area contributed by atoms with Crippen LogP contribution in [0.4, 0.5) is 23.1 Å². The molecule has 0 spiro atoms. The lowest BCUT2D eigenvalue weighted by Gasteiger charge is -2.42. The molecule has 0 aliphatic carbocycles. The minimum absolute atomic E-state index is 0.194. The van der Waals surface area contributed by atoms with Crippen molar-refractivity contribution in [2.75, 3.05) is 28.2 Å². The minimum Gasteiger partial charge on any atom is -0.481 e. The van der Waals surface area contributed by atoms with Crippen molar-refractivity contribution >= 4 is 40.0 Å². The topological polar surface area (TPSA) is 127 Å². The number of nitrogens with one attached hydrogen (secondary N) is 2. The van der Waals surface area contributed by atoms with Crippen LogP contribution in [0, 0.1) is 11.3 Å². The molecule has 10 nitrogen and oxygen atoms in total. The summed E-state index contributed by atoms with van der Waals surface area (Å²) < 4.78 is 0. The molecule has 202 valence electrons. The van der Waals surface area contributed by atoms with Gasteiger partial charge in [0.25, 0.3) is 5.56 Å². The molecule has 1 aromatic carbocycles. The van der Waals surface area contributed by atoms with Gasteiger partial charge in [0.15, 0.2) is 0 Å². The van der Waals surface area contributed by atoms with Crippen molar-refractivity contribution in [3.05, 3.63) is 40.8 Å². The van der Waals surface area contributed by atoms with Gasteiger partial charge in [0.2, 0.25) is 5.95 Å². The van der Waals surface area contributed by atoms with Crippen LogP contribution in [0.1, 0.15) is 59.8 Å². The van der Waals surface area contributed by atoms with Crippen LogP contribution in [-0.2, 0) is 4.79 Å². The second-order valence-electron chi connectivity index (χ2n) is 11.2. The molecule has 5 rings (SSSR count). The Balaban J connectivity index is 1.38. The fourth-order valence-electron chi connectivity index (χ4n) is 5.91. The molecule has 2 aromatic heterocycles. The number of hydrogen-bond donors (Lipinski definition) is 3. The maximum absolute atomic E-state index is 12.7. The molecule has 10 heteroatoms. The number of carboxylic acids is 1. The first kappa shape index (κ1) is 25.9. The first-order valence-electron chi connectivity index (χ1n) is 13.5. The van der Waals surface area contributed by atoms with Crippen molar-refractivity contribution in [2.24, 2.45) is 11.3 Å².